The van der Waals surface area contributed by atoms with Gasteiger partial charge in [0.15, 0.2) is 0 Å². The predicted octanol–water partition coefficient (Wildman–Crippen LogP) is 3.06. The molecular weight excluding hydrogens is 190 g/mol. The van der Waals surface area contributed by atoms with E-state index in [4.69, 9.17) is 5.73 Å². The van der Waals surface area contributed by atoms with E-state index < -0.39 is 0 Å². The minimum absolute atomic E-state index is 0.814. The molecule has 0 bridgehead atoms. The van der Waals surface area contributed by atoms with Crippen molar-refractivity contribution in [3.05, 3.63) is 22.4 Å². The van der Waals surface area contributed by atoms with E-state index in [1.807, 2.05) is 0 Å². The Balaban J connectivity index is 1.80. The third-order valence-electron chi connectivity index (χ3n) is 3.50. The van der Waals surface area contributed by atoms with Gasteiger partial charge in [-0.05, 0) is 60.0 Å². The summed E-state index contributed by atoms with van der Waals surface area (Å²) in [5, 5.41) is 4.44. The molecule has 1 aliphatic carbocycles. The van der Waals surface area contributed by atoms with Crippen LogP contribution in [0.1, 0.15) is 31.2 Å². The Kier molecular flexibility index (Phi) is 3.60. The number of hydrogen-bond acceptors (Lipinski definition) is 2. The highest BCUT2D eigenvalue weighted by atomic mass is 32.1. The maximum atomic E-state index is 5.78. The molecule has 1 saturated carbocycles. The van der Waals surface area contributed by atoms with Gasteiger partial charge >= 0.3 is 0 Å². The van der Waals surface area contributed by atoms with Crippen LogP contribution >= 0.6 is 11.3 Å². The number of thiophene rings is 1. The quantitative estimate of drug-likeness (QED) is 0.810. The lowest BCUT2D eigenvalue weighted by Gasteiger charge is -2.16. The molecular formula is C12H19NS. The molecule has 2 heteroatoms. The lowest BCUT2D eigenvalue weighted by molar-refractivity contribution is 0.372. The van der Waals surface area contributed by atoms with Crippen molar-refractivity contribution >= 4 is 11.3 Å². The first-order valence-electron chi connectivity index (χ1n) is 5.61. The van der Waals surface area contributed by atoms with Crippen LogP contribution in [0.4, 0.5) is 0 Å². The molecule has 2 N–H and O–H groups in total. The first-order chi connectivity index (χ1) is 6.90. The molecule has 2 rings (SSSR count). The highest BCUT2D eigenvalue weighted by Gasteiger charge is 2.25. The number of rotatable bonds is 4. The molecule has 2 unspecified atom stereocenters. The van der Waals surface area contributed by atoms with E-state index in [-0.39, 0.29) is 0 Å². The highest BCUT2D eigenvalue weighted by molar-refractivity contribution is 7.07. The van der Waals surface area contributed by atoms with E-state index >= 15 is 0 Å². The van der Waals surface area contributed by atoms with Gasteiger partial charge in [-0.15, -0.1) is 0 Å². The van der Waals surface area contributed by atoms with Gasteiger partial charge < -0.3 is 5.73 Å². The smallest absolute Gasteiger partial charge is 0.00462 e. The molecule has 78 valence electrons. The molecule has 1 aromatic rings. The standard InChI is InChI=1S/C12H19NS/c13-8-12-3-1-2-11(12)5-4-10-6-7-14-9-10/h6-7,9,11-12H,1-5,8,13H2. The molecule has 1 nitrogen and oxygen atoms in total. The predicted molar refractivity (Wildman–Crippen MR) is 62.5 cm³/mol. The summed E-state index contributed by atoms with van der Waals surface area (Å²) in [6, 6.07) is 2.25. The van der Waals surface area contributed by atoms with E-state index in [1.54, 1.807) is 11.3 Å². The van der Waals surface area contributed by atoms with Gasteiger partial charge in [-0.3, -0.25) is 0 Å². The van der Waals surface area contributed by atoms with Crippen LogP contribution in [-0.2, 0) is 6.42 Å². The Morgan fingerprint density at radius 1 is 1.36 bits per heavy atom. The first-order valence-corrected chi connectivity index (χ1v) is 6.55. The lowest BCUT2D eigenvalue weighted by atomic mass is 9.91. The van der Waals surface area contributed by atoms with E-state index in [2.05, 4.69) is 16.8 Å². The molecule has 0 saturated heterocycles. The van der Waals surface area contributed by atoms with Crippen LogP contribution in [0.25, 0.3) is 0 Å². The molecule has 0 aliphatic heterocycles. The fourth-order valence-electron chi connectivity index (χ4n) is 2.59. The Hall–Kier alpha value is -0.340. The van der Waals surface area contributed by atoms with Gasteiger partial charge in [-0.2, -0.15) is 11.3 Å². The molecule has 0 aromatic carbocycles. The summed E-state index contributed by atoms with van der Waals surface area (Å²) >= 11 is 1.80. The second-order valence-electron chi connectivity index (χ2n) is 4.36. The van der Waals surface area contributed by atoms with Gasteiger partial charge in [-0.25, -0.2) is 0 Å². The van der Waals surface area contributed by atoms with Crippen LogP contribution in [0.2, 0.25) is 0 Å². The van der Waals surface area contributed by atoms with Crippen LogP contribution in [0.15, 0.2) is 16.8 Å². The number of nitrogens with two attached hydrogens (primary N) is 1. The molecule has 1 aliphatic rings. The Morgan fingerprint density at radius 3 is 2.93 bits per heavy atom. The molecule has 1 fully saturated rings. The SMILES string of the molecule is NCC1CCCC1CCc1ccsc1. The van der Waals surface area contributed by atoms with Crippen molar-refractivity contribution < 1.29 is 0 Å². The van der Waals surface area contributed by atoms with Crippen molar-refractivity contribution in [2.24, 2.45) is 17.6 Å². The summed E-state index contributed by atoms with van der Waals surface area (Å²) in [4.78, 5) is 0. The van der Waals surface area contributed by atoms with Crippen LogP contribution in [0.5, 0.6) is 0 Å². The Morgan fingerprint density at radius 2 is 2.21 bits per heavy atom. The van der Waals surface area contributed by atoms with Gasteiger partial charge in [0, 0.05) is 0 Å². The molecule has 0 spiro atoms. The maximum absolute atomic E-state index is 5.78. The average Bonchev–Trinajstić information content (AvgIpc) is 2.85. The zero-order valence-electron chi connectivity index (χ0n) is 8.61. The van der Waals surface area contributed by atoms with Crippen LogP contribution < -0.4 is 5.73 Å². The van der Waals surface area contributed by atoms with Gasteiger partial charge in [0.25, 0.3) is 0 Å². The van der Waals surface area contributed by atoms with Crippen LogP contribution in [0, 0.1) is 11.8 Å². The molecule has 14 heavy (non-hydrogen) atoms. The second-order valence-corrected chi connectivity index (χ2v) is 5.14. The summed E-state index contributed by atoms with van der Waals surface area (Å²) in [5.74, 6) is 1.72. The number of hydrogen-bond donors (Lipinski definition) is 1. The summed E-state index contributed by atoms with van der Waals surface area (Å²) in [6.45, 7) is 0.897. The minimum Gasteiger partial charge on any atom is -0.330 e. The van der Waals surface area contributed by atoms with Crippen molar-refractivity contribution in [2.45, 2.75) is 32.1 Å². The van der Waals surface area contributed by atoms with Crippen molar-refractivity contribution in [1.82, 2.24) is 0 Å². The lowest BCUT2D eigenvalue weighted by Crippen LogP contribution is -2.18. The summed E-state index contributed by atoms with van der Waals surface area (Å²) in [5.41, 5.74) is 7.29. The zero-order chi connectivity index (χ0) is 9.80. The second kappa shape index (κ2) is 4.94. The number of aryl methyl sites for hydroxylation is 1. The third-order valence-corrected chi connectivity index (χ3v) is 4.24. The van der Waals surface area contributed by atoms with Gasteiger partial charge in [0.1, 0.15) is 0 Å². The van der Waals surface area contributed by atoms with Gasteiger partial charge in [-0.1, -0.05) is 12.8 Å². The minimum atomic E-state index is 0.814. The van der Waals surface area contributed by atoms with Gasteiger partial charge in [0.05, 0.1) is 0 Å². The molecule has 1 aromatic heterocycles. The molecule has 2 atom stereocenters. The van der Waals surface area contributed by atoms with Gasteiger partial charge in [0.2, 0.25) is 0 Å². The van der Waals surface area contributed by atoms with Crippen molar-refractivity contribution in [3.63, 3.8) is 0 Å². The van der Waals surface area contributed by atoms with E-state index in [1.165, 1.54) is 37.7 Å². The van der Waals surface area contributed by atoms with E-state index in [0.717, 1.165) is 18.4 Å². The van der Waals surface area contributed by atoms with Crippen molar-refractivity contribution in [3.8, 4) is 0 Å². The monoisotopic (exact) mass is 209 g/mol. The maximum Gasteiger partial charge on any atom is -0.00462 e. The van der Waals surface area contributed by atoms with E-state index in [0.29, 0.717) is 0 Å². The third kappa shape index (κ3) is 2.37. The largest absolute Gasteiger partial charge is 0.330 e. The first kappa shape index (κ1) is 10.2. The normalized spacial score (nSPS) is 26.9. The van der Waals surface area contributed by atoms with Crippen LogP contribution in [0.3, 0.4) is 0 Å². The topological polar surface area (TPSA) is 26.0 Å². The Bertz CT molecular complexity index is 255. The van der Waals surface area contributed by atoms with Crippen molar-refractivity contribution in [2.75, 3.05) is 6.54 Å². The molecule has 0 amide bonds. The van der Waals surface area contributed by atoms with Crippen LogP contribution in [-0.4, -0.2) is 6.54 Å². The summed E-state index contributed by atoms with van der Waals surface area (Å²) in [7, 11) is 0. The Labute approximate surface area is 90.3 Å². The zero-order valence-corrected chi connectivity index (χ0v) is 9.43. The summed E-state index contributed by atoms with van der Waals surface area (Å²) in [6.07, 6.45) is 6.77. The average molecular weight is 209 g/mol. The molecule has 0 radical (unpaired) electrons. The fraction of sp³-hybridized carbons (Fsp3) is 0.667. The fourth-order valence-corrected chi connectivity index (χ4v) is 3.29. The highest BCUT2D eigenvalue weighted by Crippen LogP contribution is 2.34. The summed E-state index contributed by atoms with van der Waals surface area (Å²) < 4.78 is 0. The molecule has 1 heterocycles. The van der Waals surface area contributed by atoms with E-state index in [9.17, 15) is 0 Å². The van der Waals surface area contributed by atoms with Crippen molar-refractivity contribution in [1.29, 1.82) is 0 Å².